The van der Waals surface area contributed by atoms with Crippen LogP contribution in [0, 0.1) is 0 Å². The van der Waals surface area contributed by atoms with Gasteiger partial charge in [0.25, 0.3) is 10.0 Å². The summed E-state index contributed by atoms with van der Waals surface area (Å²) in [6, 6.07) is 16.2. The third kappa shape index (κ3) is 7.40. The fraction of sp³-hybridized carbons (Fsp3) is 0.286. The molecule has 0 bridgehead atoms. The van der Waals surface area contributed by atoms with Crippen LogP contribution in [0.4, 0.5) is 5.69 Å². The van der Waals surface area contributed by atoms with Crippen LogP contribution in [0.3, 0.4) is 0 Å². The molecule has 3 aromatic rings. The maximum Gasteiger partial charge on any atom is 0.264 e. The van der Waals surface area contributed by atoms with E-state index in [4.69, 9.17) is 39.5 Å². The Morgan fingerprint density at radius 2 is 1.62 bits per heavy atom. The lowest BCUT2D eigenvalue weighted by atomic mass is 10.1. The number of ether oxygens (including phenoxy) is 1. The fourth-order valence-electron chi connectivity index (χ4n) is 4.11. The van der Waals surface area contributed by atoms with E-state index in [1.807, 2.05) is 0 Å². The Hall–Kier alpha value is -2.98. The van der Waals surface area contributed by atoms with Gasteiger partial charge in [0.05, 0.1) is 27.2 Å². The van der Waals surface area contributed by atoms with E-state index in [9.17, 15) is 18.0 Å². The van der Waals surface area contributed by atoms with Crippen molar-refractivity contribution in [2.45, 2.75) is 37.8 Å². The maximum atomic E-state index is 14.0. The van der Waals surface area contributed by atoms with Gasteiger partial charge in [0.15, 0.2) is 0 Å². The number of amides is 2. The van der Waals surface area contributed by atoms with Gasteiger partial charge in [-0.15, -0.1) is 0 Å². The molecule has 2 amide bonds. The van der Waals surface area contributed by atoms with Gasteiger partial charge < -0.3 is 15.0 Å². The summed E-state index contributed by atoms with van der Waals surface area (Å²) >= 11 is 18.3. The highest BCUT2D eigenvalue weighted by Gasteiger charge is 2.34. The normalized spacial score (nSPS) is 11.9. The van der Waals surface area contributed by atoms with E-state index < -0.39 is 34.4 Å². The van der Waals surface area contributed by atoms with Crippen LogP contribution in [0.5, 0.6) is 5.75 Å². The minimum atomic E-state index is -4.28. The van der Waals surface area contributed by atoms with Gasteiger partial charge in [-0.25, -0.2) is 8.42 Å². The SMILES string of the molecule is CCOc1ccccc1N(CC(=O)N(Cc1ccc(Cl)c(Cl)c1)[C@@H](CC)C(=O)NC)S(=O)(=O)c1ccc(Cl)cc1. The van der Waals surface area contributed by atoms with E-state index in [2.05, 4.69) is 5.32 Å². The van der Waals surface area contributed by atoms with Crippen LogP contribution in [0.2, 0.25) is 15.1 Å². The molecule has 0 unspecified atom stereocenters. The van der Waals surface area contributed by atoms with Crippen molar-refractivity contribution in [3.63, 3.8) is 0 Å². The number of likely N-dealkylation sites (N-methyl/N-ethyl adjacent to an activating group) is 1. The number of anilines is 1. The highest BCUT2D eigenvalue weighted by atomic mass is 35.5. The monoisotopic (exact) mass is 625 g/mol. The van der Waals surface area contributed by atoms with Crippen LogP contribution in [0.15, 0.2) is 71.6 Å². The number of rotatable bonds is 12. The van der Waals surface area contributed by atoms with Gasteiger partial charge in [-0.3, -0.25) is 13.9 Å². The molecule has 0 fully saturated rings. The number of benzene rings is 3. The molecule has 0 radical (unpaired) electrons. The number of nitrogens with zero attached hydrogens (tertiary/aromatic N) is 2. The molecular formula is C28H30Cl3N3O5S. The molecule has 8 nitrogen and oxygen atoms in total. The Morgan fingerprint density at radius 1 is 0.950 bits per heavy atom. The Morgan fingerprint density at radius 3 is 2.23 bits per heavy atom. The summed E-state index contributed by atoms with van der Waals surface area (Å²) in [5, 5.41) is 3.58. The lowest BCUT2D eigenvalue weighted by Crippen LogP contribution is -2.51. The molecule has 0 saturated heterocycles. The Kier molecular flexibility index (Phi) is 11.1. The fourth-order valence-corrected chi connectivity index (χ4v) is 5.98. The highest BCUT2D eigenvalue weighted by molar-refractivity contribution is 7.92. The third-order valence-corrected chi connectivity index (χ3v) is 8.85. The number of carbonyl (C=O) groups excluding carboxylic acids is 2. The van der Waals surface area contributed by atoms with Crippen molar-refractivity contribution in [3.05, 3.63) is 87.4 Å². The van der Waals surface area contributed by atoms with Gasteiger partial charge in [-0.2, -0.15) is 0 Å². The molecule has 0 saturated carbocycles. The molecular weight excluding hydrogens is 597 g/mol. The lowest BCUT2D eigenvalue weighted by Gasteiger charge is -2.33. The summed E-state index contributed by atoms with van der Waals surface area (Å²) in [6.07, 6.45) is 0.284. The average Bonchev–Trinajstić information content (AvgIpc) is 2.94. The minimum Gasteiger partial charge on any atom is -0.492 e. The van der Waals surface area contributed by atoms with Crippen molar-refractivity contribution in [1.82, 2.24) is 10.2 Å². The highest BCUT2D eigenvalue weighted by Crippen LogP contribution is 2.33. The van der Waals surface area contributed by atoms with Crippen molar-refractivity contribution < 1.29 is 22.7 Å². The molecule has 0 aliphatic rings. The number of halogens is 3. The van der Waals surface area contributed by atoms with Gasteiger partial charge in [-0.05, 0) is 67.4 Å². The van der Waals surface area contributed by atoms with Gasteiger partial charge in [0, 0.05) is 18.6 Å². The predicted octanol–water partition coefficient (Wildman–Crippen LogP) is 5.79. The first-order valence-corrected chi connectivity index (χ1v) is 15.1. The van der Waals surface area contributed by atoms with Gasteiger partial charge in [0.1, 0.15) is 18.3 Å². The van der Waals surface area contributed by atoms with Crippen LogP contribution in [0.25, 0.3) is 0 Å². The van der Waals surface area contributed by atoms with Crippen molar-refractivity contribution >= 4 is 62.3 Å². The number of sulfonamides is 1. The number of hydrogen-bond acceptors (Lipinski definition) is 5. The summed E-state index contributed by atoms with van der Waals surface area (Å²) in [5.74, 6) is -0.715. The maximum absolute atomic E-state index is 14.0. The van der Waals surface area contributed by atoms with E-state index in [-0.39, 0.29) is 40.9 Å². The first-order chi connectivity index (χ1) is 19.0. The largest absolute Gasteiger partial charge is 0.492 e. The molecule has 0 aliphatic carbocycles. The molecule has 12 heteroatoms. The Balaban J connectivity index is 2.12. The molecule has 214 valence electrons. The second-order valence-electron chi connectivity index (χ2n) is 8.67. The molecule has 0 aromatic heterocycles. The zero-order chi connectivity index (χ0) is 29.4. The zero-order valence-electron chi connectivity index (χ0n) is 22.2. The number of carbonyl (C=O) groups is 2. The first-order valence-electron chi connectivity index (χ1n) is 12.5. The summed E-state index contributed by atoms with van der Waals surface area (Å²) < 4.78 is 34.6. The molecule has 3 aromatic carbocycles. The third-order valence-electron chi connectivity index (χ3n) is 6.08. The van der Waals surface area contributed by atoms with Gasteiger partial charge in [0.2, 0.25) is 11.8 Å². The predicted molar refractivity (Wildman–Crippen MR) is 159 cm³/mol. The minimum absolute atomic E-state index is 0.0103. The van der Waals surface area contributed by atoms with Gasteiger partial charge >= 0.3 is 0 Å². The number of nitrogens with one attached hydrogen (secondary N) is 1. The molecule has 1 N–H and O–H groups in total. The quantitative estimate of drug-likeness (QED) is 0.274. The summed E-state index contributed by atoms with van der Waals surface area (Å²) in [7, 11) is -2.80. The van der Waals surface area contributed by atoms with Crippen LogP contribution >= 0.6 is 34.8 Å². The van der Waals surface area contributed by atoms with Crippen molar-refractivity contribution in [2.24, 2.45) is 0 Å². The van der Waals surface area contributed by atoms with Crippen LogP contribution in [-0.4, -0.2) is 51.4 Å². The molecule has 40 heavy (non-hydrogen) atoms. The average molecular weight is 627 g/mol. The van der Waals surface area contributed by atoms with Crippen LogP contribution < -0.4 is 14.4 Å². The second kappa shape index (κ2) is 14.1. The van der Waals surface area contributed by atoms with E-state index in [0.29, 0.717) is 15.6 Å². The lowest BCUT2D eigenvalue weighted by molar-refractivity contribution is -0.140. The van der Waals surface area contributed by atoms with Crippen LogP contribution in [0.1, 0.15) is 25.8 Å². The summed E-state index contributed by atoms with van der Waals surface area (Å²) in [4.78, 5) is 28.1. The molecule has 0 spiro atoms. The molecule has 3 rings (SSSR count). The summed E-state index contributed by atoms with van der Waals surface area (Å²) in [5.41, 5.74) is 0.794. The molecule has 1 atom stereocenters. The van der Waals surface area contributed by atoms with Crippen LogP contribution in [-0.2, 0) is 26.2 Å². The van der Waals surface area contributed by atoms with Crippen molar-refractivity contribution in [2.75, 3.05) is 24.5 Å². The Labute approximate surface area is 249 Å². The van der Waals surface area contributed by atoms with E-state index in [1.54, 1.807) is 56.3 Å². The van der Waals surface area contributed by atoms with Crippen molar-refractivity contribution in [3.8, 4) is 5.75 Å². The molecule has 0 aliphatic heterocycles. The standard InChI is InChI=1S/C28H30Cl3N3O5S/c1-4-24(28(36)32-3)33(17-19-10-15-22(30)23(31)16-19)27(35)18-34(25-8-6-7-9-26(25)39-5-2)40(37,38)21-13-11-20(29)12-14-21/h6-16,24H,4-5,17-18H2,1-3H3,(H,32,36)/t24-/m0/s1. The van der Waals surface area contributed by atoms with Crippen molar-refractivity contribution in [1.29, 1.82) is 0 Å². The molecule has 0 heterocycles. The zero-order valence-corrected chi connectivity index (χ0v) is 25.3. The Bertz CT molecular complexity index is 1450. The topological polar surface area (TPSA) is 96.0 Å². The summed E-state index contributed by atoms with van der Waals surface area (Å²) in [6.45, 7) is 3.20. The smallest absolute Gasteiger partial charge is 0.264 e. The number of para-hydroxylation sites is 2. The number of hydrogen-bond donors (Lipinski definition) is 1. The second-order valence-corrected chi connectivity index (χ2v) is 11.8. The van der Waals surface area contributed by atoms with E-state index >= 15 is 0 Å². The van der Waals surface area contributed by atoms with Gasteiger partial charge in [-0.1, -0.05) is 59.9 Å². The van der Waals surface area contributed by atoms with E-state index in [0.717, 1.165) is 4.31 Å². The van der Waals surface area contributed by atoms with E-state index in [1.165, 1.54) is 36.2 Å². The first kappa shape index (κ1) is 31.5.